The van der Waals surface area contributed by atoms with E-state index in [0.717, 1.165) is 37.1 Å². The second-order valence-corrected chi connectivity index (χ2v) is 9.57. The number of rotatable bonds is 4. The fourth-order valence-corrected chi connectivity index (χ4v) is 5.07. The minimum Gasteiger partial charge on any atom is -0.383 e. The molecule has 1 aliphatic rings. The van der Waals surface area contributed by atoms with Gasteiger partial charge in [0.1, 0.15) is 5.82 Å². The van der Waals surface area contributed by atoms with Gasteiger partial charge in [-0.2, -0.15) is 0 Å². The molecule has 0 aliphatic carbocycles. The predicted octanol–water partition coefficient (Wildman–Crippen LogP) is 4.49. The molecule has 5 nitrogen and oxygen atoms in total. The van der Waals surface area contributed by atoms with Gasteiger partial charge < -0.3 is 15.4 Å². The van der Waals surface area contributed by atoms with Crippen LogP contribution in [-0.4, -0.2) is 48.2 Å². The Morgan fingerprint density at radius 1 is 1.11 bits per heavy atom. The zero-order chi connectivity index (χ0) is 19.9. The van der Waals surface area contributed by atoms with Gasteiger partial charge in [0.15, 0.2) is 0 Å². The number of anilines is 2. The van der Waals surface area contributed by atoms with Gasteiger partial charge in [-0.1, -0.05) is 0 Å². The molecule has 0 spiro atoms. The lowest BCUT2D eigenvalue weighted by atomic mass is 10.0. The Labute approximate surface area is 171 Å². The third-order valence-electron chi connectivity index (χ3n) is 5.57. The van der Waals surface area contributed by atoms with Crippen LogP contribution in [0.5, 0.6) is 0 Å². The lowest BCUT2D eigenvalue weighted by molar-refractivity contribution is 0.128. The number of nitrogens with zero attached hydrogens (tertiary/aromatic N) is 3. The molecule has 2 aromatic heterocycles. The van der Waals surface area contributed by atoms with E-state index >= 15 is 0 Å². The van der Waals surface area contributed by atoms with E-state index in [0.29, 0.717) is 19.0 Å². The van der Waals surface area contributed by atoms with Crippen molar-refractivity contribution in [3.05, 3.63) is 29.1 Å². The number of nitrogen functional groups attached to an aromatic ring is 1. The summed E-state index contributed by atoms with van der Waals surface area (Å²) in [6.45, 7) is 14.5. The van der Waals surface area contributed by atoms with Crippen molar-refractivity contribution in [3.63, 3.8) is 0 Å². The molecule has 0 saturated carbocycles. The van der Waals surface area contributed by atoms with Crippen molar-refractivity contribution in [1.29, 1.82) is 0 Å². The SMILES string of the molecule is CCOCc1cc2c(N)nc3cc(N4CCN(C(C)(C)C)CC4)ccc3c2s1. The minimum atomic E-state index is 0.232. The highest BCUT2D eigenvalue weighted by Gasteiger charge is 2.26. The van der Waals surface area contributed by atoms with Crippen LogP contribution >= 0.6 is 11.3 Å². The van der Waals surface area contributed by atoms with Gasteiger partial charge in [-0.3, -0.25) is 4.90 Å². The molecule has 1 aliphatic heterocycles. The number of benzene rings is 1. The second kappa shape index (κ2) is 7.50. The van der Waals surface area contributed by atoms with E-state index < -0.39 is 0 Å². The summed E-state index contributed by atoms with van der Waals surface area (Å²) in [6.07, 6.45) is 0. The van der Waals surface area contributed by atoms with Crippen LogP contribution in [0.15, 0.2) is 24.3 Å². The zero-order valence-corrected chi connectivity index (χ0v) is 18.1. The normalized spacial score (nSPS) is 16.4. The lowest BCUT2D eigenvalue weighted by Gasteiger charge is -2.43. The fraction of sp³-hybridized carbons (Fsp3) is 0.500. The molecule has 1 saturated heterocycles. The molecule has 0 unspecified atom stereocenters. The Kier molecular flexibility index (Phi) is 5.21. The molecule has 0 bridgehead atoms. The summed E-state index contributed by atoms with van der Waals surface area (Å²) in [6, 6.07) is 8.75. The molecule has 1 aromatic carbocycles. The maximum absolute atomic E-state index is 6.29. The molecule has 6 heteroatoms. The number of ether oxygens (including phenoxy) is 1. The van der Waals surface area contributed by atoms with Crippen LogP contribution in [0, 0.1) is 0 Å². The van der Waals surface area contributed by atoms with Crippen LogP contribution in [0.3, 0.4) is 0 Å². The Morgan fingerprint density at radius 2 is 1.86 bits per heavy atom. The van der Waals surface area contributed by atoms with Crippen molar-refractivity contribution in [1.82, 2.24) is 9.88 Å². The topological polar surface area (TPSA) is 54.6 Å². The molecule has 1 fully saturated rings. The number of aromatic nitrogens is 1. The molecule has 0 radical (unpaired) electrons. The summed E-state index contributed by atoms with van der Waals surface area (Å²) in [5, 5.41) is 2.22. The molecular weight excluding hydrogens is 368 g/mol. The highest BCUT2D eigenvalue weighted by Crippen LogP contribution is 2.36. The molecule has 0 amide bonds. The van der Waals surface area contributed by atoms with Crippen molar-refractivity contribution in [2.24, 2.45) is 0 Å². The zero-order valence-electron chi connectivity index (χ0n) is 17.3. The van der Waals surface area contributed by atoms with Gasteiger partial charge in [0, 0.05) is 64.4 Å². The number of pyridine rings is 1. The average molecular weight is 399 g/mol. The first-order valence-electron chi connectivity index (χ1n) is 10.1. The monoisotopic (exact) mass is 398 g/mol. The average Bonchev–Trinajstić information content (AvgIpc) is 3.10. The summed E-state index contributed by atoms with van der Waals surface area (Å²) < 4.78 is 6.78. The van der Waals surface area contributed by atoms with Gasteiger partial charge in [0.05, 0.1) is 12.1 Å². The summed E-state index contributed by atoms with van der Waals surface area (Å²) >= 11 is 1.76. The van der Waals surface area contributed by atoms with Crippen LogP contribution in [-0.2, 0) is 11.3 Å². The van der Waals surface area contributed by atoms with Crippen LogP contribution in [0.1, 0.15) is 32.6 Å². The highest BCUT2D eigenvalue weighted by molar-refractivity contribution is 7.20. The Hall–Kier alpha value is -1.89. The first kappa shape index (κ1) is 19.4. The molecule has 28 heavy (non-hydrogen) atoms. The maximum atomic E-state index is 6.29. The molecular formula is C22H30N4OS. The van der Waals surface area contributed by atoms with Crippen molar-refractivity contribution >= 4 is 43.8 Å². The first-order chi connectivity index (χ1) is 13.4. The highest BCUT2D eigenvalue weighted by atomic mass is 32.1. The Bertz CT molecular complexity index is 984. The second-order valence-electron chi connectivity index (χ2n) is 8.44. The number of piperazine rings is 1. The quantitative estimate of drug-likeness (QED) is 0.702. The molecule has 4 rings (SSSR count). The standard InChI is InChI=1S/C22H30N4OS/c1-5-27-14-16-13-18-20(28-16)17-7-6-15(12-19(17)24-21(18)23)25-8-10-26(11-9-25)22(2,3)4/h6-7,12-13H,5,8-11,14H2,1-4H3,(H2,23,24). The smallest absolute Gasteiger partial charge is 0.132 e. The molecule has 3 heterocycles. The van der Waals surface area contributed by atoms with Gasteiger partial charge >= 0.3 is 0 Å². The van der Waals surface area contributed by atoms with E-state index in [1.54, 1.807) is 11.3 Å². The lowest BCUT2D eigenvalue weighted by Crippen LogP contribution is -2.53. The predicted molar refractivity (Wildman–Crippen MR) is 120 cm³/mol. The number of thiophene rings is 1. The summed E-state index contributed by atoms with van der Waals surface area (Å²) in [7, 11) is 0. The van der Waals surface area contributed by atoms with E-state index in [1.165, 1.54) is 20.7 Å². The van der Waals surface area contributed by atoms with Crippen molar-refractivity contribution < 1.29 is 4.74 Å². The van der Waals surface area contributed by atoms with Crippen LogP contribution in [0.25, 0.3) is 21.0 Å². The van der Waals surface area contributed by atoms with E-state index in [1.807, 2.05) is 6.92 Å². The van der Waals surface area contributed by atoms with Crippen LogP contribution in [0.4, 0.5) is 11.5 Å². The van der Waals surface area contributed by atoms with Crippen molar-refractivity contribution in [2.75, 3.05) is 43.4 Å². The number of hydrogen-bond donors (Lipinski definition) is 1. The first-order valence-corrected chi connectivity index (χ1v) is 10.9. The summed E-state index contributed by atoms with van der Waals surface area (Å²) in [4.78, 5) is 10.9. The molecule has 150 valence electrons. The van der Waals surface area contributed by atoms with E-state index in [4.69, 9.17) is 15.5 Å². The summed E-state index contributed by atoms with van der Waals surface area (Å²) in [5.74, 6) is 0.608. The van der Waals surface area contributed by atoms with E-state index in [-0.39, 0.29) is 5.54 Å². The Morgan fingerprint density at radius 3 is 2.54 bits per heavy atom. The number of hydrogen-bond acceptors (Lipinski definition) is 6. The number of fused-ring (bicyclic) bond motifs is 3. The molecule has 0 atom stereocenters. The fourth-order valence-electron chi connectivity index (χ4n) is 3.93. The molecule has 3 aromatic rings. The third kappa shape index (κ3) is 3.69. The van der Waals surface area contributed by atoms with Gasteiger partial charge in [0.25, 0.3) is 0 Å². The summed E-state index contributed by atoms with van der Waals surface area (Å²) in [5.41, 5.74) is 8.74. The van der Waals surface area contributed by atoms with E-state index in [2.05, 4.69) is 54.8 Å². The van der Waals surface area contributed by atoms with Gasteiger partial charge in [0.2, 0.25) is 0 Å². The van der Waals surface area contributed by atoms with Gasteiger partial charge in [-0.05, 0) is 52.0 Å². The molecule has 2 N–H and O–H groups in total. The van der Waals surface area contributed by atoms with Crippen LogP contribution in [0.2, 0.25) is 0 Å². The Balaban J connectivity index is 1.63. The van der Waals surface area contributed by atoms with E-state index in [9.17, 15) is 0 Å². The van der Waals surface area contributed by atoms with Crippen molar-refractivity contribution in [2.45, 2.75) is 39.8 Å². The van der Waals surface area contributed by atoms with Gasteiger partial charge in [-0.25, -0.2) is 4.98 Å². The van der Waals surface area contributed by atoms with Gasteiger partial charge in [-0.15, -0.1) is 11.3 Å². The minimum absolute atomic E-state index is 0.232. The number of nitrogens with two attached hydrogens (primary N) is 1. The maximum Gasteiger partial charge on any atom is 0.132 e. The largest absolute Gasteiger partial charge is 0.383 e. The van der Waals surface area contributed by atoms with Crippen LogP contribution < -0.4 is 10.6 Å². The third-order valence-corrected chi connectivity index (χ3v) is 6.71. The van der Waals surface area contributed by atoms with Crippen molar-refractivity contribution in [3.8, 4) is 0 Å².